The van der Waals surface area contributed by atoms with Crippen LogP contribution >= 0.6 is 11.6 Å². The molecule has 0 aliphatic carbocycles. The zero-order valence-corrected chi connectivity index (χ0v) is 17.0. The van der Waals surface area contributed by atoms with E-state index in [1.54, 1.807) is 36.4 Å². The third-order valence-corrected chi connectivity index (χ3v) is 4.41. The van der Waals surface area contributed by atoms with Crippen LogP contribution in [0.2, 0.25) is 5.02 Å². The molecule has 2 amide bonds. The number of ether oxygens (including phenoxy) is 1. The largest absolute Gasteiger partial charge is 0.489 e. The molecule has 3 aromatic carbocycles. The van der Waals surface area contributed by atoms with Crippen molar-refractivity contribution in [3.63, 3.8) is 0 Å². The number of aryl methyl sites for hydroxylation is 1. The Balaban J connectivity index is 1.48. The zero-order valence-electron chi connectivity index (χ0n) is 16.3. The van der Waals surface area contributed by atoms with E-state index in [2.05, 4.69) is 21.9 Å². The van der Waals surface area contributed by atoms with Crippen molar-refractivity contribution in [3.05, 3.63) is 94.5 Å². The van der Waals surface area contributed by atoms with Crippen LogP contribution < -0.4 is 15.5 Å². The number of carbonyl (C=O) groups is 2. The Morgan fingerprint density at radius 2 is 1.77 bits per heavy atom. The van der Waals surface area contributed by atoms with Crippen LogP contribution in [0.15, 0.2) is 77.9 Å². The molecule has 0 fully saturated rings. The van der Waals surface area contributed by atoms with Crippen molar-refractivity contribution in [1.82, 2.24) is 5.43 Å². The van der Waals surface area contributed by atoms with Gasteiger partial charge in [-0.3, -0.25) is 9.59 Å². The number of halogens is 1. The summed E-state index contributed by atoms with van der Waals surface area (Å²) >= 11 is 5.95. The molecule has 0 unspecified atom stereocenters. The van der Waals surface area contributed by atoms with Gasteiger partial charge in [0.25, 0.3) is 0 Å². The number of rotatable bonds is 6. The lowest BCUT2D eigenvalue weighted by Crippen LogP contribution is -2.32. The molecule has 0 bridgehead atoms. The topological polar surface area (TPSA) is 79.8 Å². The van der Waals surface area contributed by atoms with Crippen LogP contribution in [0.1, 0.15) is 16.7 Å². The highest BCUT2D eigenvalue weighted by molar-refractivity contribution is 6.41. The first kappa shape index (κ1) is 21.1. The Kier molecular flexibility index (Phi) is 7.19. The van der Waals surface area contributed by atoms with Crippen LogP contribution in [0.4, 0.5) is 5.69 Å². The molecule has 0 spiro atoms. The molecule has 3 aromatic rings. The third kappa shape index (κ3) is 6.18. The Bertz CT molecular complexity index is 1070. The van der Waals surface area contributed by atoms with Gasteiger partial charge in [0.15, 0.2) is 0 Å². The van der Waals surface area contributed by atoms with Gasteiger partial charge in [-0.1, -0.05) is 53.6 Å². The standard InChI is InChI=1S/C23H20ClN3O3/c1-16-5-4-6-18(13-16)15-30-19-11-9-17(10-12-19)14-25-27-23(29)22(28)26-21-8-3-2-7-20(21)24/h2-14H,15H2,1H3,(H,26,28)(H,27,29). The second-order valence-electron chi connectivity index (χ2n) is 6.48. The fourth-order valence-electron chi connectivity index (χ4n) is 2.58. The van der Waals surface area contributed by atoms with E-state index in [1.165, 1.54) is 11.8 Å². The maximum atomic E-state index is 11.9. The molecule has 3 rings (SSSR count). The fraction of sp³-hybridized carbons (Fsp3) is 0.0870. The van der Waals surface area contributed by atoms with Crippen molar-refractivity contribution in [2.75, 3.05) is 5.32 Å². The van der Waals surface area contributed by atoms with Crippen molar-refractivity contribution in [2.45, 2.75) is 13.5 Å². The molecule has 0 saturated heterocycles. The first-order valence-electron chi connectivity index (χ1n) is 9.18. The molecule has 6 nitrogen and oxygen atoms in total. The highest BCUT2D eigenvalue weighted by Crippen LogP contribution is 2.20. The molecular formula is C23H20ClN3O3. The average molecular weight is 422 g/mol. The summed E-state index contributed by atoms with van der Waals surface area (Å²) < 4.78 is 5.76. The minimum atomic E-state index is -0.899. The number of nitrogens with one attached hydrogen (secondary N) is 2. The Morgan fingerprint density at radius 1 is 1.00 bits per heavy atom. The van der Waals surface area contributed by atoms with Crippen molar-refractivity contribution in [1.29, 1.82) is 0 Å². The van der Waals surface area contributed by atoms with Crippen LogP contribution in [-0.2, 0) is 16.2 Å². The van der Waals surface area contributed by atoms with Gasteiger partial charge >= 0.3 is 11.8 Å². The van der Waals surface area contributed by atoms with Gasteiger partial charge in [0, 0.05) is 0 Å². The van der Waals surface area contributed by atoms with E-state index in [0.29, 0.717) is 17.3 Å². The van der Waals surface area contributed by atoms with Gasteiger partial charge in [-0.15, -0.1) is 0 Å². The molecule has 30 heavy (non-hydrogen) atoms. The molecule has 0 aliphatic rings. The summed E-state index contributed by atoms with van der Waals surface area (Å²) in [5.41, 5.74) is 5.55. The monoisotopic (exact) mass is 421 g/mol. The van der Waals surface area contributed by atoms with Crippen LogP contribution in [-0.4, -0.2) is 18.0 Å². The summed E-state index contributed by atoms with van der Waals surface area (Å²) in [6.45, 7) is 2.52. The summed E-state index contributed by atoms with van der Waals surface area (Å²) in [6, 6.07) is 22.0. The van der Waals surface area contributed by atoms with Crippen molar-refractivity contribution >= 4 is 35.3 Å². The maximum absolute atomic E-state index is 11.9. The van der Waals surface area contributed by atoms with Crippen LogP contribution in [0.25, 0.3) is 0 Å². The minimum absolute atomic E-state index is 0.340. The molecule has 152 valence electrons. The van der Waals surface area contributed by atoms with Gasteiger partial charge in [0.1, 0.15) is 12.4 Å². The van der Waals surface area contributed by atoms with E-state index in [1.807, 2.05) is 37.3 Å². The maximum Gasteiger partial charge on any atom is 0.329 e. The van der Waals surface area contributed by atoms with Crippen molar-refractivity contribution in [3.8, 4) is 5.75 Å². The summed E-state index contributed by atoms with van der Waals surface area (Å²) in [6.07, 6.45) is 1.44. The van der Waals surface area contributed by atoms with Crippen molar-refractivity contribution < 1.29 is 14.3 Å². The molecule has 7 heteroatoms. The molecule has 0 aromatic heterocycles. The number of nitrogens with zero attached hydrogens (tertiary/aromatic N) is 1. The number of anilines is 1. The van der Waals surface area contributed by atoms with E-state index in [9.17, 15) is 9.59 Å². The van der Waals surface area contributed by atoms with Gasteiger partial charge in [-0.2, -0.15) is 5.10 Å². The van der Waals surface area contributed by atoms with Crippen LogP contribution in [0, 0.1) is 6.92 Å². The van der Waals surface area contributed by atoms with Crippen LogP contribution in [0.3, 0.4) is 0 Å². The first-order chi connectivity index (χ1) is 14.5. The smallest absolute Gasteiger partial charge is 0.329 e. The van der Waals surface area contributed by atoms with Gasteiger partial charge in [-0.05, 0) is 54.4 Å². The lowest BCUT2D eigenvalue weighted by molar-refractivity contribution is -0.136. The number of amides is 2. The quantitative estimate of drug-likeness (QED) is 0.353. The lowest BCUT2D eigenvalue weighted by Gasteiger charge is -2.07. The highest BCUT2D eigenvalue weighted by Gasteiger charge is 2.14. The summed E-state index contributed by atoms with van der Waals surface area (Å²) in [5.74, 6) is -1.04. The van der Waals surface area contributed by atoms with E-state index in [4.69, 9.17) is 16.3 Å². The predicted octanol–water partition coefficient (Wildman–Crippen LogP) is 4.32. The van der Waals surface area contributed by atoms with E-state index in [-0.39, 0.29) is 0 Å². The molecule has 0 heterocycles. The van der Waals surface area contributed by atoms with Gasteiger partial charge in [0.2, 0.25) is 0 Å². The summed E-state index contributed by atoms with van der Waals surface area (Å²) in [7, 11) is 0. The lowest BCUT2D eigenvalue weighted by atomic mass is 10.1. The van der Waals surface area contributed by atoms with E-state index < -0.39 is 11.8 Å². The summed E-state index contributed by atoms with van der Waals surface area (Å²) in [4.78, 5) is 23.7. The minimum Gasteiger partial charge on any atom is -0.489 e. The fourth-order valence-corrected chi connectivity index (χ4v) is 2.76. The third-order valence-electron chi connectivity index (χ3n) is 4.08. The molecule has 0 aliphatic heterocycles. The number of benzene rings is 3. The van der Waals surface area contributed by atoms with Gasteiger partial charge in [-0.25, -0.2) is 5.43 Å². The van der Waals surface area contributed by atoms with Gasteiger partial charge in [0.05, 0.1) is 16.9 Å². The number of hydrogen-bond acceptors (Lipinski definition) is 4. The van der Waals surface area contributed by atoms with Crippen molar-refractivity contribution in [2.24, 2.45) is 5.10 Å². The SMILES string of the molecule is Cc1cccc(COc2ccc(C=NNC(=O)C(=O)Nc3ccccc3Cl)cc2)c1. The molecule has 0 saturated carbocycles. The molecular weight excluding hydrogens is 402 g/mol. The molecule has 2 N–H and O–H groups in total. The highest BCUT2D eigenvalue weighted by atomic mass is 35.5. The predicted molar refractivity (Wildman–Crippen MR) is 118 cm³/mol. The zero-order chi connectivity index (χ0) is 21.3. The normalized spacial score (nSPS) is 10.6. The number of para-hydroxylation sites is 1. The number of carbonyl (C=O) groups excluding carboxylic acids is 2. The first-order valence-corrected chi connectivity index (χ1v) is 9.56. The van der Waals surface area contributed by atoms with Crippen LogP contribution in [0.5, 0.6) is 5.75 Å². The Hall–Kier alpha value is -3.64. The second kappa shape index (κ2) is 10.2. The second-order valence-corrected chi connectivity index (χ2v) is 6.89. The Labute approximate surface area is 179 Å². The average Bonchev–Trinajstić information content (AvgIpc) is 2.75. The number of hydrogen-bond donors (Lipinski definition) is 2. The van der Waals surface area contributed by atoms with Gasteiger partial charge < -0.3 is 10.1 Å². The summed E-state index contributed by atoms with van der Waals surface area (Å²) in [5, 5.41) is 6.56. The molecule has 0 atom stereocenters. The van der Waals surface area contributed by atoms with E-state index >= 15 is 0 Å². The number of hydrazone groups is 1. The Morgan fingerprint density at radius 3 is 2.50 bits per heavy atom. The molecule has 0 radical (unpaired) electrons. The van der Waals surface area contributed by atoms with E-state index in [0.717, 1.165) is 16.9 Å².